The third kappa shape index (κ3) is 3.19. The van der Waals surface area contributed by atoms with Gasteiger partial charge in [-0.05, 0) is 34.1 Å². The van der Waals surface area contributed by atoms with E-state index in [-0.39, 0.29) is 5.56 Å². The maximum Gasteiger partial charge on any atom is 0.257 e. The van der Waals surface area contributed by atoms with Gasteiger partial charge in [0.2, 0.25) is 0 Å². The third-order valence-electron chi connectivity index (χ3n) is 2.54. The van der Waals surface area contributed by atoms with Crippen LogP contribution in [0, 0.1) is 11.6 Å². The molecule has 6 heteroatoms. The number of amides is 1. The molecular weight excluding hydrogens is 336 g/mol. The highest BCUT2D eigenvalue weighted by molar-refractivity contribution is 9.10. The van der Waals surface area contributed by atoms with E-state index in [2.05, 4.69) is 15.9 Å². The number of hydrogen-bond acceptors (Lipinski definition) is 2. The molecule has 0 aliphatic carbocycles. The number of nitrogens with zero attached hydrogens (tertiary/aromatic N) is 1. The first-order valence-corrected chi connectivity index (χ1v) is 7.08. The molecule has 0 unspecified atom stereocenters. The van der Waals surface area contributed by atoms with Crippen LogP contribution < -0.4 is 0 Å². The second-order valence-corrected chi connectivity index (χ2v) is 5.91. The lowest BCUT2D eigenvalue weighted by Gasteiger charge is -2.16. The zero-order chi connectivity index (χ0) is 14.0. The molecular formula is C13H10BrF2NOS. The minimum absolute atomic E-state index is 0.252. The number of benzene rings is 1. The Morgan fingerprint density at radius 3 is 2.79 bits per heavy atom. The maximum atomic E-state index is 13.5. The summed E-state index contributed by atoms with van der Waals surface area (Å²) in [6, 6.07) is 5.47. The first-order valence-electron chi connectivity index (χ1n) is 5.41. The lowest BCUT2D eigenvalue weighted by atomic mass is 10.2. The van der Waals surface area contributed by atoms with E-state index in [1.165, 1.54) is 28.4 Å². The Balaban J connectivity index is 2.17. The van der Waals surface area contributed by atoms with E-state index in [1.807, 2.05) is 11.4 Å². The number of carbonyl (C=O) groups excluding carboxylic acids is 1. The summed E-state index contributed by atoms with van der Waals surface area (Å²) in [7, 11) is 1.56. The van der Waals surface area contributed by atoms with Gasteiger partial charge in [-0.25, -0.2) is 8.78 Å². The van der Waals surface area contributed by atoms with E-state index in [1.54, 1.807) is 7.05 Å². The second-order valence-electron chi connectivity index (χ2n) is 3.99. The molecule has 2 aromatic rings. The topological polar surface area (TPSA) is 20.3 Å². The van der Waals surface area contributed by atoms with Gasteiger partial charge in [-0.3, -0.25) is 4.79 Å². The molecule has 0 saturated carbocycles. The molecule has 1 aromatic heterocycles. The van der Waals surface area contributed by atoms with Crippen molar-refractivity contribution in [3.63, 3.8) is 0 Å². The van der Waals surface area contributed by atoms with E-state index in [0.717, 1.165) is 15.4 Å². The minimum Gasteiger partial charge on any atom is -0.336 e. The summed E-state index contributed by atoms with van der Waals surface area (Å²) < 4.78 is 27.5. The summed E-state index contributed by atoms with van der Waals surface area (Å²) in [5.74, 6) is -2.66. The van der Waals surface area contributed by atoms with E-state index < -0.39 is 17.5 Å². The van der Waals surface area contributed by atoms with Crippen LogP contribution in [0.15, 0.2) is 34.1 Å². The summed E-state index contributed by atoms with van der Waals surface area (Å²) >= 11 is 4.81. The molecule has 0 spiro atoms. The highest BCUT2D eigenvalue weighted by atomic mass is 79.9. The van der Waals surface area contributed by atoms with Crippen LogP contribution in [0.5, 0.6) is 0 Å². The van der Waals surface area contributed by atoms with Gasteiger partial charge < -0.3 is 4.90 Å². The van der Waals surface area contributed by atoms with Crippen LogP contribution in [0.3, 0.4) is 0 Å². The molecule has 1 heterocycles. The number of halogens is 3. The van der Waals surface area contributed by atoms with Crippen molar-refractivity contribution in [2.45, 2.75) is 6.54 Å². The van der Waals surface area contributed by atoms with Gasteiger partial charge in [-0.1, -0.05) is 6.07 Å². The summed E-state index contributed by atoms with van der Waals surface area (Å²) in [6.45, 7) is 0.352. The zero-order valence-corrected chi connectivity index (χ0v) is 12.4. The van der Waals surface area contributed by atoms with Crippen molar-refractivity contribution < 1.29 is 13.6 Å². The van der Waals surface area contributed by atoms with Gasteiger partial charge in [0.15, 0.2) is 11.6 Å². The fourth-order valence-electron chi connectivity index (χ4n) is 1.62. The van der Waals surface area contributed by atoms with Gasteiger partial charge in [0, 0.05) is 21.8 Å². The van der Waals surface area contributed by atoms with Crippen LogP contribution >= 0.6 is 27.3 Å². The van der Waals surface area contributed by atoms with Gasteiger partial charge in [-0.15, -0.1) is 11.3 Å². The fourth-order valence-corrected chi connectivity index (χ4v) is 3.12. The van der Waals surface area contributed by atoms with E-state index >= 15 is 0 Å². The predicted molar refractivity (Wildman–Crippen MR) is 74.2 cm³/mol. The molecule has 0 fully saturated rings. The quantitative estimate of drug-likeness (QED) is 0.821. The Morgan fingerprint density at radius 2 is 2.16 bits per heavy atom. The van der Waals surface area contributed by atoms with Gasteiger partial charge in [-0.2, -0.15) is 0 Å². The van der Waals surface area contributed by atoms with Crippen molar-refractivity contribution >= 4 is 33.2 Å². The molecule has 0 aliphatic heterocycles. The molecule has 1 aromatic carbocycles. The molecule has 0 aliphatic rings. The fraction of sp³-hybridized carbons (Fsp3) is 0.154. The molecule has 0 saturated heterocycles. The highest BCUT2D eigenvalue weighted by Gasteiger charge is 2.19. The van der Waals surface area contributed by atoms with Crippen molar-refractivity contribution in [1.82, 2.24) is 4.90 Å². The third-order valence-corrected chi connectivity index (χ3v) is 4.23. The van der Waals surface area contributed by atoms with Crippen molar-refractivity contribution in [2.75, 3.05) is 7.05 Å². The Bertz CT molecular complexity index is 614. The van der Waals surface area contributed by atoms with Crippen molar-refractivity contribution in [3.8, 4) is 0 Å². The average Bonchev–Trinajstić information content (AvgIpc) is 2.77. The summed E-state index contributed by atoms with van der Waals surface area (Å²) in [4.78, 5) is 14.4. The number of hydrogen-bond donors (Lipinski definition) is 0. The molecule has 100 valence electrons. The Morgan fingerprint density at radius 1 is 1.42 bits per heavy atom. The van der Waals surface area contributed by atoms with Gasteiger partial charge in [0.25, 0.3) is 5.91 Å². The van der Waals surface area contributed by atoms with Gasteiger partial charge in [0.1, 0.15) is 0 Å². The van der Waals surface area contributed by atoms with Crippen LogP contribution in [-0.4, -0.2) is 17.9 Å². The van der Waals surface area contributed by atoms with Gasteiger partial charge >= 0.3 is 0 Å². The van der Waals surface area contributed by atoms with E-state index in [9.17, 15) is 13.6 Å². The van der Waals surface area contributed by atoms with Crippen LogP contribution in [0.25, 0.3) is 0 Å². The maximum absolute atomic E-state index is 13.5. The highest BCUT2D eigenvalue weighted by Crippen LogP contribution is 2.22. The normalized spacial score (nSPS) is 10.5. The standard InChI is InChI=1S/C13H10BrF2NOS/c1-17(6-9-5-8(14)7-19-9)13(18)10-3-2-4-11(15)12(10)16/h2-5,7H,6H2,1H3. The van der Waals surface area contributed by atoms with E-state index in [0.29, 0.717) is 6.54 Å². The average molecular weight is 346 g/mol. The van der Waals surface area contributed by atoms with Crippen molar-refractivity contribution in [2.24, 2.45) is 0 Å². The predicted octanol–water partition coefficient (Wildman–Crippen LogP) is 4.06. The summed E-state index contributed by atoms with van der Waals surface area (Å²) in [6.07, 6.45) is 0. The molecule has 0 atom stereocenters. The van der Waals surface area contributed by atoms with Crippen LogP contribution in [0.4, 0.5) is 8.78 Å². The first-order chi connectivity index (χ1) is 8.99. The number of thiophene rings is 1. The first kappa shape index (κ1) is 14.1. The molecule has 19 heavy (non-hydrogen) atoms. The lowest BCUT2D eigenvalue weighted by molar-refractivity contribution is 0.0780. The molecule has 2 rings (SSSR count). The minimum atomic E-state index is -1.10. The molecule has 0 N–H and O–H groups in total. The molecule has 1 amide bonds. The molecule has 0 bridgehead atoms. The Kier molecular flexibility index (Phi) is 4.31. The zero-order valence-electron chi connectivity index (χ0n) is 9.99. The lowest BCUT2D eigenvalue weighted by Crippen LogP contribution is -2.26. The Hall–Kier alpha value is -1.27. The van der Waals surface area contributed by atoms with Crippen LogP contribution in [0.1, 0.15) is 15.2 Å². The van der Waals surface area contributed by atoms with Gasteiger partial charge in [0.05, 0.1) is 12.1 Å². The SMILES string of the molecule is CN(Cc1cc(Br)cs1)C(=O)c1cccc(F)c1F. The van der Waals surface area contributed by atoms with E-state index in [4.69, 9.17) is 0 Å². The largest absolute Gasteiger partial charge is 0.336 e. The monoisotopic (exact) mass is 345 g/mol. The number of rotatable bonds is 3. The summed E-state index contributed by atoms with van der Waals surface area (Å²) in [5, 5.41) is 1.90. The smallest absolute Gasteiger partial charge is 0.257 e. The van der Waals surface area contributed by atoms with Crippen molar-refractivity contribution in [3.05, 3.63) is 56.2 Å². The molecule has 2 nitrogen and oxygen atoms in total. The Labute approximate surface area is 121 Å². The molecule has 0 radical (unpaired) electrons. The van der Waals surface area contributed by atoms with Crippen LogP contribution in [-0.2, 0) is 6.54 Å². The number of carbonyl (C=O) groups is 1. The van der Waals surface area contributed by atoms with Crippen molar-refractivity contribution in [1.29, 1.82) is 0 Å². The second kappa shape index (κ2) is 5.79. The summed E-state index contributed by atoms with van der Waals surface area (Å²) in [5.41, 5.74) is -0.252. The van der Waals surface area contributed by atoms with Crippen LogP contribution in [0.2, 0.25) is 0 Å².